The molecule has 1 atom stereocenters. The number of nitro benzene ring substituents is 1. The summed E-state index contributed by atoms with van der Waals surface area (Å²) in [6.45, 7) is 1.75. The van der Waals surface area contributed by atoms with Crippen LogP contribution in [0.5, 0.6) is 5.75 Å². The molecule has 26 heavy (non-hydrogen) atoms. The average molecular weight is 394 g/mol. The number of rotatable bonds is 7. The van der Waals surface area contributed by atoms with E-state index in [1.807, 2.05) is 12.1 Å². The van der Waals surface area contributed by atoms with Crippen molar-refractivity contribution in [3.63, 3.8) is 0 Å². The van der Waals surface area contributed by atoms with Gasteiger partial charge in [-0.25, -0.2) is 5.43 Å². The van der Waals surface area contributed by atoms with Gasteiger partial charge in [-0.2, -0.15) is 5.10 Å². The molecule has 0 spiro atoms. The number of hydrazone groups is 1. The van der Waals surface area contributed by atoms with Gasteiger partial charge >= 0.3 is 5.69 Å². The molecule has 0 saturated heterocycles. The van der Waals surface area contributed by atoms with Gasteiger partial charge in [-0.15, -0.1) is 11.8 Å². The van der Waals surface area contributed by atoms with Crippen molar-refractivity contribution in [3.05, 3.63) is 63.2 Å². The predicted molar refractivity (Wildman–Crippen MR) is 102 cm³/mol. The van der Waals surface area contributed by atoms with Crippen molar-refractivity contribution < 1.29 is 14.5 Å². The molecule has 0 bridgehead atoms. The minimum Gasteiger partial charge on any atom is -0.490 e. The maximum Gasteiger partial charge on any atom is 0.311 e. The van der Waals surface area contributed by atoms with Crippen molar-refractivity contribution in [3.8, 4) is 5.75 Å². The number of hydrogen-bond donors (Lipinski definition) is 1. The standard InChI is InChI=1S/C17H16ClN3O4S/c1-11(26-14-6-4-13(18)5-7-14)17(22)20-19-10-12-3-8-16(25-2)15(9-12)21(23)24/h3-11H,1-2H3,(H,20,22)/b19-10-/t11-/m1/s1. The molecule has 7 nitrogen and oxygen atoms in total. The van der Waals surface area contributed by atoms with Crippen LogP contribution in [0.25, 0.3) is 0 Å². The monoisotopic (exact) mass is 393 g/mol. The lowest BCUT2D eigenvalue weighted by molar-refractivity contribution is -0.385. The Morgan fingerprint density at radius 2 is 2.04 bits per heavy atom. The zero-order valence-corrected chi connectivity index (χ0v) is 15.6. The zero-order valence-electron chi connectivity index (χ0n) is 14.0. The van der Waals surface area contributed by atoms with Crippen molar-refractivity contribution in [1.82, 2.24) is 5.43 Å². The van der Waals surface area contributed by atoms with E-state index in [4.69, 9.17) is 16.3 Å². The van der Waals surface area contributed by atoms with E-state index in [-0.39, 0.29) is 22.6 Å². The topological polar surface area (TPSA) is 93.8 Å². The fraction of sp³-hybridized carbons (Fsp3) is 0.176. The van der Waals surface area contributed by atoms with E-state index in [1.54, 1.807) is 25.1 Å². The van der Waals surface area contributed by atoms with E-state index in [0.717, 1.165) is 4.90 Å². The third-order valence-corrected chi connectivity index (χ3v) is 4.65. The van der Waals surface area contributed by atoms with Crippen LogP contribution in [0.15, 0.2) is 52.5 Å². The summed E-state index contributed by atoms with van der Waals surface area (Å²) in [5.74, 6) is -0.131. The molecule has 0 aliphatic heterocycles. The Morgan fingerprint density at radius 3 is 2.65 bits per heavy atom. The molecule has 2 rings (SSSR count). The number of hydrogen-bond acceptors (Lipinski definition) is 6. The van der Waals surface area contributed by atoms with E-state index in [2.05, 4.69) is 10.5 Å². The molecule has 1 amide bonds. The number of benzene rings is 2. The second kappa shape index (κ2) is 9.21. The van der Waals surface area contributed by atoms with Gasteiger partial charge in [0.05, 0.1) is 23.5 Å². The molecule has 2 aromatic rings. The van der Waals surface area contributed by atoms with Crippen LogP contribution in [0.4, 0.5) is 5.69 Å². The van der Waals surface area contributed by atoms with Crippen LogP contribution in [-0.2, 0) is 4.79 Å². The lowest BCUT2D eigenvalue weighted by atomic mass is 10.2. The van der Waals surface area contributed by atoms with Gasteiger partial charge in [-0.1, -0.05) is 11.6 Å². The normalized spacial score (nSPS) is 12.0. The first-order valence-electron chi connectivity index (χ1n) is 7.48. The van der Waals surface area contributed by atoms with Gasteiger partial charge in [0.15, 0.2) is 5.75 Å². The molecule has 136 valence electrons. The van der Waals surface area contributed by atoms with Gasteiger partial charge in [0.1, 0.15) is 0 Å². The van der Waals surface area contributed by atoms with Crippen LogP contribution in [0.2, 0.25) is 5.02 Å². The maximum absolute atomic E-state index is 12.1. The zero-order chi connectivity index (χ0) is 19.1. The number of nitrogens with one attached hydrogen (secondary N) is 1. The van der Waals surface area contributed by atoms with Crippen molar-refractivity contribution in [2.24, 2.45) is 5.10 Å². The molecule has 0 aliphatic carbocycles. The minimum absolute atomic E-state index is 0.157. The van der Waals surface area contributed by atoms with Gasteiger partial charge < -0.3 is 4.74 Å². The van der Waals surface area contributed by atoms with Crippen LogP contribution in [0.1, 0.15) is 12.5 Å². The lowest BCUT2D eigenvalue weighted by Gasteiger charge is -2.09. The predicted octanol–water partition coefficient (Wildman–Crippen LogP) is 3.89. The van der Waals surface area contributed by atoms with Gasteiger partial charge in [-0.3, -0.25) is 14.9 Å². The van der Waals surface area contributed by atoms with E-state index < -0.39 is 4.92 Å². The lowest BCUT2D eigenvalue weighted by Crippen LogP contribution is -2.26. The number of halogens is 1. The summed E-state index contributed by atoms with van der Waals surface area (Å²) < 4.78 is 4.93. The van der Waals surface area contributed by atoms with E-state index in [0.29, 0.717) is 10.6 Å². The van der Waals surface area contributed by atoms with E-state index >= 15 is 0 Å². The second-order valence-corrected chi connectivity index (χ2v) is 6.99. The van der Waals surface area contributed by atoms with E-state index in [9.17, 15) is 14.9 Å². The third kappa shape index (κ3) is 5.47. The first-order chi connectivity index (χ1) is 12.4. The molecule has 0 saturated carbocycles. The first kappa shape index (κ1) is 19.7. The summed E-state index contributed by atoms with van der Waals surface area (Å²) in [4.78, 5) is 23.4. The maximum atomic E-state index is 12.1. The number of thioether (sulfide) groups is 1. The van der Waals surface area contributed by atoms with E-state index in [1.165, 1.54) is 37.2 Å². The summed E-state index contributed by atoms with van der Waals surface area (Å²) in [6.07, 6.45) is 1.34. The summed E-state index contributed by atoms with van der Waals surface area (Å²) >= 11 is 7.20. The van der Waals surface area contributed by atoms with Crippen LogP contribution in [0.3, 0.4) is 0 Å². The average Bonchev–Trinajstić information content (AvgIpc) is 2.63. The number of carbonyl (C=O) groups excluding carboxylic acids is 1. The number of ether oxygens (including phenoxy) is 1. The van der Waals surface area contributed by atoms with Crippen LogP contribution < -0.4 is 10.2 Å². The summed E-state index contributed by atoms with van der Waals surface area (Å²) in [5, 5.41) is 15.1. The summed E-state index contributed by atoms with van der Waals surface area (Å²) in [6, 6.07) is 11.6. The highest BCUT2D eigenvalue weighted by atomic mass is 35.5. The molecule has 0 aliphatic rings. The molecule has 9 heteroatoms. The minimum atomic E-state index is -0.542. The molecule has 0 unspecified atom stereocenters. The molecule has 0 aromatic heterocycles. The Kier molecular flexibility index (Phi) is 6.99. The molecule has 0 fully saturated rings. The molecular weight excluding hydrogens is 378 g/mol. The van der Waals surface area contributed by atoms with Gasteiger partial charge in [0, 0.05) is 21.5 Å². The van der Waals surface area contributed by atoms with Gasteiger partial charge in [0.25, 0.3) is 5.91 Å². The Bertz CT molecular complexity index is 827. The Balaban J connectivity index is 1.96. The van der Waals surface area contributed by atoms with Crippen molar-refractivity contribution >= 4 is 41.2 Å². The SMILES string of the molecule is COc1ccc(/C=N\NC(=O)[C@@H](C)Sc2ccc(Cl)cc2)cc1[N+](=O)[O-]. The van der Waals surface area contributed by atoms with Crippen molar-refractivity contribution in [2.75, 3.05) is 7.11 Å². The highest BCUT2D eigenvalue weighted by molar-refractivity contribution is 8.00. The van der Waals surface area contributed by atoms with Gasteiger partial charge in [0.2, 0.25) is 0 Å². The van der Waals surface area contributed by atoms with Crippen molar-refractivity contribution in [1.29, 1.82) is 0 Å². The first-order valence-corrected chi connectivity index (χ1v) is 8.74. The van der Waals surface area contributed by atoms with Crippen molar-refractivity contribution in [2.45, 2.75) is 17.1 Å². The summed E-state index contributed by atoms with van der Waals surface area (Å²) in [5.41, 5.74) is 2.72. The van der Waals surface area contributed by atoms with Crippen LogP contribution in [0, 0.1) is 10.1 Å². The second-order valence-electron chi connectivity index (χ2n) is 5.14. The quantitative estimate of drug-likeness (QED) is 0.333. The molecular formula is C17H16ClN3O4S. The molecule has 1 N–H and O–H groups in total. The number of carbonyl (C=O) groups is 1. The fourth-order valence-corrected chi connectivity index (χ4v) is 2.95. The number of nitrogens with zero attached hydrogens (tertiary/aromatic N) is 2. The fourth-order valence-electron chi connectivity index (χ4n) is 1.96. The van der Waals surface area contributed by atoms with Crippen LogP contribution in [-0.4, -0.2) is 29.4 Å². The third-order valence-electron chi connectivity index (χ3n) is 3.28. The highest BCUT2D eigenvalue weighted by Crippen LogP contribution is 2.27. The van der Waals surface area contributed by atoms with Gasteiger partial charge in [-0.05, 0) is 43.3 Å². The highest BCUT2D eigenvalue weighted by Gasteiger charge is 2.15. The number of methoxy groups -OCH3 is 1. The largest absolute Gasteiger partial charge is 0.490 e. The Hall–Kier alpha value is -2.58. The summed E-state index contributed by atoms with van der Waals surface area (Å²) in [7, 11) is 1.36. The smallest absolute Gasteiger partial charge is 0.311 e. The number of nitro groups is 1. The Labute approximate surface area is 159 Å². The molecule has 0 heterocycles. The number of amides is 1. The Morgan fingerprint density at radius 1 is 1.35 bits per heavy atom. The van der Waals surface area contributed by atoms with Crippen LogP contribution >= 0.6 is 23.4 Å². The molecule has 0 radical (unpaired) electrons. The molecule has 2 aromatic carbocycles.